The van der Waals surface area contributed by atoms with Crippen LogP contribution >= 0.6 is 0 Å². The third-order valence-corrected chi connectivity index (χ3v) is 5.92. The molecule has 0 bridgehead atoms. The van der Waals surface area contributed by atoms with Gasteiger partial charge in [-0.25, -0.2) is 4.39 Å². The van der Waals surface area contributed by atoms with E-state index in [2.05, 4.69) is 12.2 Å². The van der Waals surface area contributed by atoms with Crippen molar-refractivity contribution in [3.05, 3.63) is 89.4 Å². The fourth-order valence-corrected chi connectivity index (χ4v) is 4.19. The molecular formula is C29H28FNO3. The Morgan fingerprint density at radius 3 is 2.56 bits per heavy atom. The number of para-hydroxylation sites is 1. The van der Waals surface area contributed by atoms with Gasteiger partial charge in [0.15, 0.2) is 0 Å². The summed E-state index contributed by atoms with van der Waals surface area (Å²) in [6.45, 7) is 8.30. The smallest absolute Gasteiger partial charge is 0.248 e. The second-order valence-corrected chi connectivity index (χ2v) is 8.17. The minimum absolute atomic E-state index is 0.204. The lowest BCUT2D eigenvalue weighted by Crippen LogP contribution is -2.10. The zero-order valence-corrected chi connectivity index (χ0v) is 19.9. The molecule has 0 radical (unpaired) electrons. The SMILES string of the molecule is CCOc1c(/C(C)=C/C(=O)Nc2ccccc2CC)cc2c(-c3ccc(F)cc3)coc2c1C. The standard InChI is InChI=1S/C29H28FNO3/c1-5-20-9-7-8-10-26(20)31-27(32)15-18(3)23-16-24-25(21-11-13-22(30)14-12-21)17-34-29(24)19(4)28(23)33-6-2/h7-17H,5-6H2,1-4H3,(H,31,32)/b18-15+. The highest BCUT2D eigenvalue weighted by Gasteiger charge is 2.19. The summed E-state index contributed by atoms with van der Waals surface area (Å²) in [6.07, 6.45) is 4.10. The van der Waals surface area contributed by atoms with Gasteiger partial charge in [0, 0.05) is 33.8 Å². The van der Waals surface area contributed by atoms with Gasteiger partial charge < -0.3 is 14.5 Å². The van der Waals surface area contributed by atoms with Crippen molar-refractivity contribution in [2.24, 2.45) is 0 Å². The summed E-state index contributed by atoms with van der Waals surface area (Å²) in [6, 6.07) is 16.1. The summed E-state index contributed by atoms with van der Waals surface area (Å²) >= 11 is 0. The summed E-state index contributed by atoms with van der Waals surface area (Å²) in [5, 5.41) is 3.87. The van der Waals surface area contributed by atoms with Crippen molar-refractivity contribution in [3.8, 4) is 16.9 Å². The molecule has 1 heterocycles. The van der Waals surface area contributed by atoms with E-state index in [9.17, 15) is 9.18 Å². The van der Waals surface area contributed by atoms with Gasteiger partial charge in [0.05, 0.1) is 12.9 Å². The molecule has 1 N–H and O–H groups in total. The third kappa shape index (κ3) is 4.60. The summed E-state index contributed by atoms with van der Waals surface area (Å²) in [4.78, 5) is 12.9. The number of hydrogen-bond donors (Lipinski definition) is 1. The van der Waals surface area contributed by atoms with Crippen LogP contribution in [0.4, 0.5) is 10.1 Å². The Bertz CT molecular complexity index is 1370. The molecule has 0 atom stereocenters. The Labute approximate surface area is 199 Å². The van der Waals surface area contributed by atoms with Crippen LogP contribution in [0.15, 0.2) is 71.4 Å². The topological polar surface area (TPSA) is 51.5 Å². The number of furan rings is 1. The zero-order chi connectivity index (χ0) is 24.2. The quantitative estimate of drug-likeness (QED) is 0.292. The van der Waals surface area contributed by atoms with E-state index in [1.807, 2.05) is 51.1 Å². The highest BCUT2D eigenvalue weighted by molar-refractivity contribution is 6.06. The number of carbonyl (C=O) groups excluding carboxylic acids is 1. The van der Waals surface area contributed by atoms with Crippen LogP contribution in [-0.4, -0.2) is 12.5 Å². The van der Waals surface area contributed by atoms with E-state index in [0.717, 1.165) is 50.9 Å². The molecule has 4 rings (SSSR count). The van der Waals surface area contributed by atoms with E-state index in [4.69, 9.17) is 9.15 Å². The maximum Gasteiger partial charge on any atom is 0.248 e. The Morgan fingerprint density at radius 1 is 1.12 bits per heavy atom. The first-order valence-corrected chi connectivity index (χ1v) is 11.4. The largest absolute Gasteiger partial charge is 0.493 e. The predicted molar refractivity (Wildman–Crippen MR) is 136 cm³/mol. The molecule has 1 aromatic heterocycles. The minimum atomic E-state index is -0.290. The molecule has 0 saturated heterocycles. The molecule has 5 heteroatoms. The van der Waals surface area contributed by atoms with Gasteiger partial charge in [0.25, 0.3) is 0 Å². The highest BCUT2D eigenvalue weighted by atomic mass is 19.1. The van der Waals surface area contributed by atoms with Gasteiger partial charge in [0.1, 0.15) is 17.1 Å². The first kappa shape index (κ1) is 23.3. The highest BCUT2D eigenvalue weighted by Crippen LogP contribution is 2.40. The minimum Gasteiger partial charge on any atom is -0.493 e. The lowest BCUT2D eigenvalue weighted by Gasteiger charge is -2.15. The number of hydrogen-bond acceptors (Lipinski definition) is 3. The maximum atomic E-state index is 13.5. The van der Waals surface area contributed by atoms with E-state index in [1.54, 1.807) is 24.5 Å². The number of nitrogens with one attached hydrogen (secondary N) is 1. The van der Waals surface area contributed by atoms with Gasteiger partial charge in [-0.3, -0.25) is 4.79 Å². The summed E-state index contributed by atoms with van der Waals surface area (Å²) in [5.41, 5.74) is 6.75. The lowest BCUT2D eigenvalue weighted by atomic mass is 9.96. The molecular weight excluding hydrogens is 429 g/mol. The van der Waals surface area contributed by atoms with Crippen molar-refractivity contribution in [1.82, 2.24) is 0 Å². The number of allylic oxidation sites excluding steroid dienone is 1. The number of rotatable bonds is 7. The average molecular weight is 458 g/mol. The number of aryl methyl sites for hydroxylation is 2. The van der Waals surface area contributed by atoms with Crippen LogP contribution < -0.4 is 10.1 Å². The maximum absolute atomic E-state index is 13.5. The molecule has 1 amide bonds. The fourth-order valence-electron chi connectivity index (χ4n) is 4.19. The molecule has 0 spiro atoms. The van der Waals surface area contributed by atoms with Crippen LogP contribution in [0.3, 0.4) is 0 Å². The second-order valence-electron chi connectivity index (χ2n) is 8.17. The first-order chi connectivity index (χ1) is 16.4. The fraction of sp³-hybridized carbons (Fsp3) is 0.207. The summed E-state index contributed by atoms with van der Waals surface area (Å²) in [5.74, 6) is 0.191. The Kier molecular flexibility index (Phi) is 6.82. The molecule has 4 aromatic rings. The second kappa shape index (κ2) is 9.96. The first-order valence-electron chi connectivity index (χ1n) is 11.4. The molecule has 0 unspecified atom stereocenters. The van der Waals surface area contributed by atoms with Crippen LogP contribution in [0.5, 0.6) is 5.75 Å². The molecule has 0 aliphatic carbocycles. The molecule has 0 saturated carbocycles. The van der Waals surface area contributed by atoms with Crippen LogP contribution in [-0.2, 0) is 11.2 Å². The number of ether oxygens (including phenoxy) is 1. The summed E-state index contributed by atoms with van der Waals surface area (Å²) < 4.78 is 25.3. The molecule has 0 aliphatic rings. The van der Waals surface area contributed by atoms with Crippen molar-refractivity contribution in [2.45, 2.75) is 34.1 Å². The van der Waals surface area contributed by atoms with Crippen molar-refractivity contribution in [1.29, 1.82) is 0 Å². The van der Waals surface area contributed by atoms with Gasteiger partial charge in [-0.15, -0.1) is 0 Å². The average Bonchev–Trinajstić information content (AvgIpc) is 3.26. The van der Waals surface area contributed by atoms with Gasteiger partial charge >= 0.3 is 0 Å². The third-order valence-electron chi connectivity index (χ3n) is 5.92. The van der Waals surface area contributed by atoms with Gasteiger partial charge in [0.2, 0.25) is 5.91 Å². The Morgan fingerprint density at radius 2 is 1.85 bits per heavy atom. The van der Waals surface area contributed by atoms with E-state index < -0.39 is 0 Å². The number of benzene rings is 3. The van der Waals surface area contributed by atoms with E-state index in [-0.39, 0.29) is 11.7 Å². The number of anilines is 1. The number of carbonyl (C=O) groups is 1. The van der Waals surface area contributed by atoms with Crippen molar-refractivity contribution < 1.29 is 18.3 Å². The van der Waals surface area contributed by atoms with Crippen molar-refractivity contribution in [2.75, 3.05) is 11.9 Å². The van der Waals surface area contributed by atoms with Crippen LogP contribution in [0.2, 0.25) is 0 Å². The predicted octanol–water partition coefficient (Wildman–Crippen LogP) is 7.55. The van der Waals surface area contributed by atoms with E-state index in [0.29, 0.717) is 17.9 Å². The molecule has 0 fully saturated rings. The lowest BCUT2D eigenvalue weighted by molar-refractivity contribution is -0.111. The molecule has 3 aromatic carbocycles. The van der Waals surface area contributed by atoms with E-state index in [1.165, 1.54) is 12.1 Å². The molecule has 174 valence electrons. The number of fused-ring (bicyclic) bond motifs is 1. The van der Waals surface area contributed by atoms with Gasteiger partial charge in [-0.05, 0) is 68.2 Å². The molecule has 4 nitrogen and oxygen atoms in total. The van der Waals surface area contributed by atoms with Crippen molar-refractivity contribution >= 4 is 28.1 Å². The van der Waals surface area contributed by atoms with Crippen LogP contribution in [0.25, 0.3) is 27.7 Å². The van der Waals surface area contributed by atoms with Crippen molar-refractivity contribution in [3.63, 3.8) is 0 Å². The molecule has 0 aliphatic heterocycles. The van der Waals surface area contributed by atoms with E-state index >= 15 is 0 Å². The molecule has 34 heavy (non-hydrogen) atoms. The summed E-state index contributed by atoms with van der Waals surface area (Å²) in [7, 11) is 0. The van der Waals surface area contributed by atoms with Crippen LogP contribution in [0.1, 0.15) is 37.5 Å². The Balaban J connectivity index is 1.77. The number of amides is 1. The zero-order valence-electron chi connectivity index (χ0n) is 19.9. The van der Waals surface area contributed by atoms with Gasteiger partial charge in [-0.1, -0.05) is 37.3 Å². The number of halogens is 1. The van der Waals surface area contributed by atoms with Crippen LogP contribution in [0, 0.1) is 12.7 Å². The normalized spacial score (nSPS) is 11.6. The Hall–Kier alpha value is -3.86. The van der Waals surface area contributed by atoms with Gasteiger partial charge in [-0.2, -0.15) is 0 Å². The monoisotopic (exact) mass is 457 g/mol.